The fourth-order valence-electron chi connectivity index (χ4n) is 2.78. The molecule has 0 fully saturated rings. The van der Waals surface area contributed by atoms with Crippen LogP contribution in [-0.2, 0) is 0 Å². The van der Waals surface area contributed by atoms with E-state index < -0.39 is 0 Å². The third-order valence-electron chi connectivity index (χ3n) is 3.61. The zero-order valence-corrected chi connectivity index (χ0v) is 11.2. The Balaban J connectivity index is 2.35. The fraction of sp³-hybridized carbons (Fsp3) is 0. The Bertz CT molecular complexity index is 940. The molecule has 0 radical (unpaired) electrons. The van der Waals surface area contributed by atoms with Crippen LogP contribution >= 0.6 is 11.6 Å². The molecule has 0 spiro atoms. The summed E-state index contributed by atoms with van der Waals surface area (Å²) in [6, 6.07) is 16.4. The molecule has 0 saturated heterocycles. The molecule has 0 saturated carbocycles. The van der Waals surface area contributed by atoms with Gasteiger partial charge in [-0.15, -0.1) is 0 Å². The molecule has 0 aliphatic carbocycles. The summed E-state index contributed by atoms with van der Waals surface area (Å²) in [4.78, 5) is 0. The predicted molar refractivity (Wildman–Crippen MR) is 84.4 cm³/mol. The average molecular weight is 265 g/mol. The lowest BCUT2D eigenvalue weighted by molar-refractivity contribution is 0.672. The minimum absolute atomic E-state index is 0.751. The molecule has 0 aliphatic rings. The Kier molecular flexibility index (Phi) is 2.18. The van der Waals surface area contributed by atoms with Crippen LogP contribution in [0.4, 0.5) is 0 Å². The second kappa shape index (κ2) is 3.78. The van der Waals surface area contributed by atoms with Gasteiger partial charge in [0, 0.05) is 15.8 Å². The van der Waals surface area contributed by atoms with Gasteiger partial charge in [0.2, 0.25) is 0 Å². The van der Waals surface area contributed by atoms with Gasteiger partial charge in [-0.05, 0) is 34.4 Å². The van der Waals surface area contributed by atoms with E-state index in [9.17, 15) is 0 Å². The summed E-state index contributed by atoms with van der Waals surface area (Å²) < 4.78 is 5.99. The first-order chi connectivity index (χ1) is 9.24. The lowest BCUT2D eigenvalue weighted by Crippen LogP contribution is -2.01. The van der Waals surface area contributed by atoms with Crippen molar-refractivity contribution in [3.8, 4) is 0 Å². The van der Waals surface area contributed by atoms with Gasteiger partial charge in [0.15, 0.2) is 0 Å². The highest BCUT2D eigenvalue weighted by Crippen LogP contribution is 2.34. The number of hydrogen-bond donors (Lipinski definition) is 0. The normalized spacial score (nSPS) is 11.6. The first kappa shape index (κ1) is 10.9. The Morgan fingerprint density at radius 3 is 2.68 bits per heavy atom. The van der Waals surface area contributed by atoms with Crippen LogP contribution in [0.1, 0.15) is 0 Å². The van der Waals surface area contributed by atoms with Crippen molar-refractivity contribution in [1.29, 1.82) is 0 Å². The van der Waals surface area contributed by atoms with Gasteiger partial charge < -0.3 is 4.42 Å². The second-order valence-corrected chi connectivity index (χ2v) is 5.30. The van der Waals surface area contributed by atoms with Gasteiger partial charge in [-0.25, -0.2) is 0 Å². The first-order valence-electron chi connectivity index (χ1n) is 6.24. The lowest BCUT2D eigenvalue weighted by atomic mass is 9.93. The van der Waals surface area contributed by atoms with Gasteiger partial charge in [-0.1, -0.05) is 41.9 Å². The van der Waals surface area contributed by atoms with Crippen molar-refractivity contribution in [1.82, 2.24) is 0 Å². The van der Waals surface area contributed by atoms with Crippen molar-refractivity contribution in [3.63, 3.8) is 0 Å². The first-order valence-corrected chi connectivity index (χ1v) is 6.62. The van der Waals surface area contributed by atoms with Crippen LogP contribution < -0.4 is 5.46 Å². The van der Waals surface area contributed by atoms with Crippen LogP contribution in [0.15, 0.2) is 52.9 Å². The van der Waals surface area contributed by atoms with E-state index in [-0.39, 0.29) is 0 Å². The Labute approximate surface area is 116 Å². The molecule has 4 rings (SSSR count). The molecule has 3 heteroatoms. The highest BCUT2D eigenvalue weighted by atomic mass is 35.5. The van der Waals surface area contributed by atoms with E-state index in [0.717, 1.165) is 32.4 Å². The number of benzene rings is 3. The predicted octanol–water partition coefficient (Wildman–Crippen LogP) is 3.65. The van der Waals surface area contributed by atoms with Gasteiger partial charge in [0.25, 0.3) is 0 Å². The van der Waals surface area contributed by atoms with Gasteiger partial charge in [0.1, 0.15) is 19.0 Å². The topological polar surface area (TPSA) is 13.1 Å². The molecule has 19 heavy (non-hydrogen) atoms. The van der Waals surface area contributed by atoms with E-state index in [2.05, 4.69) is 30.3 Å². The molecule has 0 atom stereocenters. The van der Waals surface area contributed by atoms with Crippen molar-refractivity contribution in [2.75, 3.05) is 0 Å². The minimum atomic E-state index is 0.751. The summed E-state index contributed by atoms with van der Waals surface area (Å²) in [5, 5.41) is 5.42. The molecule has 3 aromatic carbocycles. The van der Waals surface area contributed by atoms with E-state index in [1.807, 2.05) is 26.0 Å². The van der Waals surface area contributed by atoms with Crippen LogP contribution in [0.5, 0.6) is 0 Å². The molecule has 0 N–H and O–H groups in total. The molecule has 90 valence electrons. The van der Waals surface area contributed by atoms with Crippen LogP contribution in [0, 0.1) is 0 Å². The number of rotatable bonds is 0. The zero-order chi connectivity index (χ0) is 13.0. The van der Waals surface area contributed by atoms with Crippen LogP contribution in [-0.4, -0.2) is 7.85 Å². The summed E-state index contributed by atoms with van der Waals surface area (Å²) >= 11 is 6.19. The molecule has 4 aromatic rings. The van der Waals surface area contributed by atoms with Crippen molar-refractivity contribution >= 4 is 57.6 Å². The molecule has 0 unspecified atom stereocenters. The zero-order valence-electron chi connectivity index (χ0n) is 10.4. The molecule has 0 bridgehead atoms. The highest BCUT2D eigenvalue weighted by molar-refractivity contribution is 6.42. The van der Waals surface area contributed by atoms with E-state index in [1.165, 1.54) is 10.8 Å². The lowest BCUT2D eigenvalue weighted by Gasteiger charge is -1.99. The Morgan fingerprint density at radius 1 is 0.947 bits per heavy atom. The number of halogens is 1. The summed E-state index contributed by atoms with van der Waals surface area (Å²) in [7, 11) is 2.03. The number of fused-ring (bicyclic) bond motifs is 5. The summed E-state index contributed by atoms with van der Waals surface area (Å²) in [5.74, 6) is 0. The van der Waals surface area contributed by atoms with Crippen LogP contribution in [0.25, 0.3) is 32.7 Å². The fourth-order valence-corrected chi connectivity index (χ4v) is 3.05. The third kappa shape index (κ3) is 1.50. The summed E-state index contributed by atoms with van der Waals surface area (Å²) in [5.41, 5.74) is 2.91. The Hall–Kier alpha value is -1.93. The maximum Gasteiger partial charge on any atom is 0.144 e. The van der Waals surface area contributed by atoms with E-state index in [4.69, 9.17) is 16.0 Å². The monoisotopic (exact) mass is 264 g/mol. The smallest absolute Gasteiger partial charge is 0.144 e. The van der Waals surface area contributed by atoms with Crippen molar-refractivity contribution in [3.05, 3.63) is 53.6 Å². The highest BCUT2D eigenvalue weighted by Gasteiger charge is 2.12. The summed E-state index contributed by atoms with van der Waals surface area (Å²) in [6.45, 7) is 0. The van der Waals surface area contributed by atoms with E-state index >= 15 is 0 Å². The molecule has 1 nitrogen and oxygen atoms in total. The van der Waals surface area contributed by atoms with Crippen LogP contribution in [0.2, 0.25) is 5.02 Å². The van der Waals surface area contributed by atoms with Crippen molar-refractivity contribution in [2.45, 2.75) is 0 Å². The molecule has 1 heterocycles. The largest absolute Gasteiger partial charge is 0.457 e. The van der Waals surface area contributed by atoms with E-state index in [1.54, 1.807) is 0 Å². The van der Waals surface area contributed by atoms with Crippen molar-refractivity contribution in [2.24, 2.45) is 0 Å². The van der Waals surface area contributed by atoms with Crippen LogP contribution in [0.3, 0.4) is 0 Å². The summed E-state index contributed by atoms with van der Waals surface area (Å²) in [6.07, 6.45) is 0. The molecule has 1 aromatic heterocycles. The molecular formula is C16H10BClO. The second-order valence-electron chi connectivity index (χ2n) is 4.86. The maximum atomic E-state index is 6.19. The Morgan fingerprint density at radius 2 is 1.79 bits per heavy atom. The average Bonchev–Trinajstić information content (AvgIpc) is 2.78. The molecule has 0 aliphatic heterocycles. The third-order valence-corrected chi connectivity index (χ3v) is 3.83. The van der Waals surface area contributed by atoms with Gasteiger partial charge in [-0.3, -0.25) is 0 Å². The maximum absolute atomic E-state index is 6.19. The number of furan rings is 1. The quantitative estimate of drug-likeness (QED) is 0.442. The van der Waals surface area contributed by atoms with Crippen molar-refractivity contribution < 1.29 is 4.42 Å². The van der Waals surface area contributed by atoms with Gasteiger partial charge in [0.05, 0.1) is 0 Å². The van der Waals surface area contributed by atoms with Gasteiger partial charge >= 0.3 is 0 Å². The molecule has 0 amide bonds. The standard InChI is InChI=1S/C16H10BClO/c17-13-8-10(18)7-12-15-11-4-2-1-3-9(11)5-6-14(15)19-16(12)13/h1-8H,17H2. The minimum Gasteiger partial charge on any atom is -0.457 e. The molecular weight excluding hydrogens is 254 g/mol. The van der Waals surface area contributed by atoms with E-state index in [0.29, 0.717) is 0 Å². The number of hydrogen-bond acceptors (Lipinski definition) is 1. The van der Waals surface area contributed by atoms with Gasteiger partial charge in [-0.2, -0.15) is 0 Å². The SMILES string of the molecule is Bc1cc(Cl)cc2c1oc1ccc3ccccc3c12.